The van der Waals surface area contributed by atoms with Crippen LogP contribution in [0.1, 0.15) is 115 Å². The van der Waals surface area contributed by atoms with E-state index in [0.717, 1.165) is 49.0 Å². The van der Waals surface area contributed by atoms with Crippen LogP contribution in [-0.2, 0) is 0 Å². The first-order valence-electron chi connectivity index (χ1n) is 17.4. The van der Waals surface area contributed by atoms with Gasteiger partial charge < -0.3 is 19.1 Å². The Kier molecular flexibility index (Phi) is 16.1. The number of carbonyl (C=O) groups is 1. The van der Waals surface area contributed by atoms with Crippen molar-refractivity contribution in [2.75, 3.05) is 25.6 Å². The molecule has 3 aromatic carbocycles. The van der Waals surface area contributed by atoms with Crippen molar-refractivity contribution in [3.05, 3.63) is 76.3 Å². The molecule has 0 saturated heterocycles. The Bertz CT molecular complexity index is 1370. The van der Waals surface area contributed by atoms with Crippen molar-refractivity contribution in [2.45, 2.75) is 110 Å². The van der Waals surface area contributed by atoms with Gasteiger partial charge in [0.25, 0.3) is 0 Å². The number of rotatable bonds is 22. The first-order valence-corrected chi connectivity index (χ1v) is 17.4. The zero-order valence-electron chi connectivity index (χ0n) is 29.1. The van der Waals surface area contributed by atoms with Gasteiger partial charge in [0.1, 0.15) is 11.5 Å². The van der Waals surface area contributed by atoms with E-state index in [-0.39, 0.29) is 17.5 Å². The number of anilines is 1. The van der Waals surface area contributed by atoms with E-state index in [9.17, 15) is 14.9 Å². The summed E-state index contributed by atoms with van der Waals surface area (Å²) in [6.07, 6.45) is 15.4. The summed E-state index contributed by atoms with van der Waals surface area (Å²) in [4.78, 5) is 26.4. The highest BCUT2D eigenvalue weighted by Crippen LogP contribution is 2.40. The van der Waals surface area contributed by atoms with E-state index in [0.29, 0.717) is 23.6 Å². The fourth-order valence-electron chi connectivity index (χ4n) is 5.47. The maximum Gasteiger partial charge on any atom is 0.343 e. The Hall–Kier alpha value is -4.07. The summed E-state index contributed by atoms with van der Waals surface area (Å²) in [6.45, 7) is 7.09. The van der Waals surface area contributed by atoms with Crippen molar-refractivity contribution < 1.29 is 23.9 Å². The van der Waals surface area contributed by atoms with Gasteiger partial charge in [-0.05, 0) is 61.6 Å². The van der Waals surface area contributed by atoms with Crippen LogP contribution in [0, 0.1) is 10.1 Å². The van der Waals surface area contributed by atoms with E-state index in [1.807, 2.05) is 57.4 Å². The van der Waals surface area contributed by atoms with Crippen molar-refractivity contribution in [2.24, 2.45) is 0 Å². The highest BCUT2D eigenvalue weighted by molar-refractivity contribution is 5.92. The number of nitrogens with zero attached hydrogens (tertiary/aromatic N) is 2. The number of carbonyl (C=O) groups excluding carboxylic acids is 1. The van der Waals surface area contributed by atoms with Crippen molar-refractivity contribution in [3.8, 4) is 28.4 Å². The van der Waals surface area contributed by atoms with Crippen LogP contribution in [0.15, 0.2) is 60.7 Å². The van der Waals surface area contributed by atoms with E-state index < -0.39 is 10.9 Å². The monoisotopic (exact) mass is 646 g/mol. The van der Waals surface area contributed by atoms with Gasteiger partial charge in [0.2, 0.25) is 5.75 Å². The Labute approximate surface area is 281 Å². The van der Waals surface area contributed by atoms with Crippen molar-refractivity contribution in [1.82, 2.24) is 0 Å². The second kappa shape index (κ2) is 20.2. The standard InChI is InChI=1S/C39H54N2O6/c1-6-8-10-12-13-14-15-17-27-45-34-25-23-32(24-26-34)31-19-21-33(22-20-31)39(42)47-38-28-35(40(4)5)37(29-36(38)41(43)44)46-30(3)18-16-11-9-7-2/h19-26,28-30H,6-18,27H2,1-5H3/t30-/m0/s1. The number of hydrogen-bond donors (Lipinski definition) is 0. The summed E-state index contributed by atoms with van der Waals surface area (Å²) in [5.74, 6) is 0.428. The summed E-state index contributed by atoms with van der Waals surface area (Å²) < 4.78 is 17.7. The van der Waals surface area contributed by atoms with Gasteiger partial charge in [0.05, 0.1) is 35.0 Å². The molecule has 0 radical (unpaired) electrons. The summed E-state index contributed by atoms with van der Waals surface area (Å²) in [6, 6.07) is 17.8. The molecule has 8 heteroatoms. The van der Waals surface area contributed by atoms with Crippen LogP contribution in [0.4, 0.5) is 11.4 Å². The van der Waals surface area contributed by atoms with Crippen LogP contribution < -0.4 is 19.1 Å². The average molecular weight is 647 g/mol. The molecule has 3 aromatic rings. The molecule has 0 aliphatic carbocycles. The highest BCUT2D eigenvalue weighted by Gasteiger charge is 2.25. The second-order valence-electron chi connectivity index (χ2n) is 12.5. The lowest BCUT2D eigenvalue weighted by Crippen LogP contribution is -2.17. The molecular weight excluding hydrogens is 592 g/mol. The molecule has 0 heterocycles. The van der Waals surface area contributed by atoms with E-state index >= 15 is 0 Å². The van der Waals surface area contributed by atoms with Crippen molar-refractivity contribution in [1.29, 1.82) is 0 Å². The fourth-order valence-corrected chi connectivity index (χ4v) is 5.47. The lowest BCUT2D eigenvalue weighted by molar-refractivity contribution is -0.385. The van der Waals surface area contributed by atoms with E-state index in [4.69, 9.17) is 14.2 Å². The molecule has 0 saturated carbocycles. The maximum atomic E-state index is 13.1. The highest BCUT2D eigenvalue weighted by atomic mass is 16.6. The number of nitro groups is 1. The lowest BCUT2D eigenvalue weighted by Gasteiger charge is -2.22. The summed E-state index contributed by atoms with van der Waals surface area (Å²) in [5.41, 5.74) is 2.49. The van der Waals surface area contributed by atoms with Crippen LogP contribution in [0.5, 0.6) is 17.2 Å². The minimum atomic E-state index is -0.674. The van der Waals surface area contributed by atoms with Gasteiger partial charge >= 0.3 is 11.7 Å². The zero-order valence-corrected chi connectivity index (χ0v) is 29.1. The molecule has 0 bridgehead atoms. The first-order chi connectivity index (χ1) is 22.7. The lowest BCUT2D eigenvalue weighted by atomic mass is 10.0. The summed E-state index contributed by atoms with van der Waals surface area (Å²) >= 11 is 0. The van der Waals surface area contributed by atoms with Crippen molar-refractivity contribution >= 4 is 17.3 Å². The number of benzene rings is 3. The van der Waals surface area contributed by atoms with E-state index in [1.54, 1.807) is 17.0 Å². The minimum absolute atomic E-state index is 0.111. The van der Waals surface area contributed by atoms with Gasteiger partial charge in [-0.15, -0.1) is 0 Å². The fraction of sp³-hybridized carbons (Fsp3) is 0.513. The number of nitro benzene ring substituents is 1. The smallest absolute Gasteiger partial charge is 0.343 e. The predicted octanol–water partition coefficient (Wildman–Crippen LogP) is 10.8. The van der Waals surface area contributed by atoms with Crippen molar-refractivity contribution in [3.63, 3.8) is 0 Å². The Balaban J connectivity index is 1.59. The van der Waals surface area contributed by atoms with Crippen LogP contribution in [0.3, 0.4) is 0 Å². The predicted molar refractivity (Wildman–Crippen MR) is 191 cm³/mol. The van der Waals surface area contributed by atoms with E-state index in [2.05, 4.69) is 13.8 Å². The van der Waals surface area contributed by atoms with Crippen LogP contribution >= 0.6 is 0 Å². The second-order valence-corrected chi connectivity index (χ2v) is 12.5. The maximum absolute atomic E-state index is 13.1. The largest absolute Gasteiger partial charge is 0.494 e. The molecule has 0 spiro atoms. The summed E-state index contributed by atoms with van der Waals surface area (Å²) in [7, 11) is 3.64. The van der Waals surface area contributed by atoms with Crippen LogP contribution in [-0.4, -0.2) is 37.7 Å². The normalized spacial score (nSPS) is 11.6. The first kappa shape index (κ1) is 37.4. The third-order valence-electron chi connectivity index (χ3n) is 8.29. The van der Waals surface area contributed by atoms with Gasteiger partial charge in [-0.2, -0.15) is 0 Å². The molecule has 0 aliphatic rings. The number of ether oxygens (including phenoxy) is 3. The summed E-state index contributed by atoms with van der Waals surface area (Å²) in [5, 5.41) is 12.0. The molecule has 0 aliphatic heterocycles. The van der Waals surface area contributed by atoms with E-state index in [1.165, 1.54) is 63.5 Å². The topological polar surface area (TPSA) is 91.1 Å². The molecule has 47 heavy (non-hydrogen) atoms. The number of hydrogen-bond acceptors (Lipinski definition) is 7. The third kappa shape index (κ3) is 12.6. The Morgan fingerprint density at radius 1 is 0.766 bits per heavy atom. The van der Waals surface area contributed by atoms with Crippen LogP contribution in [0.25, 0.3) is 11.1 Å². The SMILES string of the molecule is CCCCCCCCCCOc1ccc(-c2ccc(C(=O)Oc3cc(N(C)C)c(O[C@@H](C)CCCCCC)cc3[N+](=O)[O-])cc2)cc1. The van der Waals surface area contributed by atoms with Gasteiger partial charge in [0, 0.05) is 20.2 Å². The Morgan fingerprint density at radius 2 is 1.32 bits per heavy atom. The van der Waals surface area contributed by atoms with Crippen LogP contribution in [0.2, 0.25) is 0 Å². The number of esters is 1. The molecule has 0 aromatic heterocycles. The molecular formula is C39H54N2O6. The minimum Gasteiger partial charge on any atom is -0.494 e. The molecule has 0 unspecified atom stereocenters. The van der Waals surface area contributed by atoms with Gasteiger partial charge in [-0.3, -0.25) is 10.1 Å². The molecule has 256 valence electrons. The van der Waals surface area contributed by atoms with Gasteiger partial charge in [-0.25, -0.2) is 4.79 Å². The molecule has 0 N–H and O–H groups in total. The average Bonchev–Trinajstić information content (AvgIpc) is 3.06. The Morgan fingerprint density at radius 3 is 1.89 bits per heavy atom. The molecule has 0 fully saturated rings. The van der Waals surface area contributed by atoms with Gasteiger partial charge in [0.15, 0.2) is 0 Å². The zero-order chi connectivity index (χ0) is 34.0. The van der Waals surface area contributed by atoms with Gasteiger partial charge in [-0.1, -0.05) is 102 Å². The third-order valence-corrected chi connectivity index (χ3v) is 8.29. The quantitative estimate of drug-likeness (QED) is 0.0352. The number of unbranched alkanes of at least 4 members (excludes halogenated alkanes) is 10. The molecule has 8 nitrogen and oxygen atoms in total. The molecule has 0 amide bonds. The molecule has 1 atom stereocenters. The molecule has 3 rings (SSSR count).